The molecule has 1 aliphatic heterocycles. The molecule has 2 amide bonds. The van der Waals surface area contributed by atoms with Gasteiger partial charge in [-0.15, -0.1) is 0 Å². The number of amides is 2. The number of aryl methyl sites for hydroxylation is 1. The summed E-state index contributed by atoms with van der Waals surface area (Å²) in [5, 5.41) is 2.85. The van der Waals surface area contributed by atoms with E-state index in [1.807, 2.05) is 55.5 Å². The molecule has 6 heteroatoms. The summed E-state index contributed by atoms with van der Waals surface area (Å²) in [6.07, 6.45) is 0.229. The van der Waals surface area contributed by atoms with E-state index in [1.165, 1.54) is 0 Å². The van der Waals surface area contributed by atoms with Crippen molar-refractivity contribution >= 4 is 17.5 Å². The van der Waals surface area contributed by atoms with Gasteiger partial charge in [0.15, 0.2) is 11.5 Å². The van der Waals surface area contributed by atoms with E-state index in [2.05, 4.69) is 5.32 Å². The van der Waals surface area contributed by atoms with E-state index in [0.717, 1.165) is 11.3 Å². The van der Waals surface area contributed by atoms with E-state index in [0.29, 0.717) is 31.2 Å². The van der Waals surface area contributed by atoms with E-state index in [-0.39, 0.29) is 24.2 Å². The summed E-state index contributed by atoms with van der Waals surface area (Å²) in [5.41, 5.74) is 1.97. The van der Waals surface area contributed by atoms with Crippen LogP contribution < -0.4 is 19.7 Å². The van der Waals surface area contributed by atoms with Crippen molar-refractivity contribution in [3.63, 3.8) is 0 Å². The van der Waals surface area contributed by atoms with Crippen LogP contribution in [0.5, 0.6) is 11.5 Å². The molecule has 6 nitrogen and oxygen atoms in total. The molecule has 0 bridgehead atoms. The Balaban J connectivity index is 1.47. The lowest BCUT2D eigenvalue weighted by atomic mass is 10.1. The molecule has 0 spiro atoms. The lowest BCUT2D eigenvalue weighted by Gasteiger charge is -2.17. The van der Waals surface area contributed by atoms with Crippen molar-refractivity contribution < 1.29 is 19.1 Å². The van der Waals surface area contributed by atoms with Crippen molar-refractivity contribution in [2.45, 2.75) is 13.3 Å². The number of methoxy groups -OCH3 is 1. The maximum absolute atomic E-state index is 12.4. The summed E-state index contributed by atoms with van der Waals surface area (Å²) in [6, 6.07) is 15.1. The third-order valence-corrected chi connectivity index (χ3v) is 4.57. The molecule has 0 unspecified atom stereocenters. The Kier molecular flexibility index (Phi) is 5.96. The van der Waals surface area contributed by atoms with Gasteiger partial charge < -0.3 is 19.7 Å². The van der Waals surface area contributed by atoms with Crippen molar-refractivity contribution in [1.82, 2.24) is 5.32 Å². The number of ether oxygens (including phenoxy) is 2. The molecule has 2 aromatic carbocycles. The van der Waals surface area contributed by atoms with Gasteiger partial charge in [-0.3, -0.25) is 9.59 Å². The minimum absolute atomic E-state index is 0.0238. The SMILES string of the molecule is COc1ccccc1OCCNC(=O)[C@H]1CC(=O)N(c2ccc(C)cc2)C1. The molecule has 1 aliphatic rings. The molecule has 2 aromatic rings. The highest BCUT2D eigenvalue weighted by molar-refractivity contribution is 6.00. The predicted molar refractivity (Wildman–Crippen MR) is 103 cm³/mol. The number of rotatable bonds is 7. The number of carbonyl (C=O) groups is 2. The number of benzene rings is 2. The molecule has 3 rings (SSSR count). The Bertz CT molecular complexity index is 804. The van der Waals surface area contributed by atoms with Crippen LogP contribution in [0.2, 0.25) is 0 Å². The van der Waals surface area contributed by atoms with Crippen LogP contribution in [-0.4, -0.2) is 38.6 Å². The Morgan fingerprint density at radius 2 is 1.85 bits per heavy atom. The van der Waals surface area contributed by atoms with E-state index in [9.17, 15) is 9.59 Å². The molecule has 27 heavy (non-hydrogen) atoms. The van der Waals surface area contributed by atoms with Crippen molar-refractivity contribution in [2.75, 3.05) is 31.7 Å². The van der Waals surface area contributed by atoms with Gasteiger partial charge in [-0.05, 0) is 31.2 Å². The number of nitrogens with one attached hydrogen (secondary N) is 1. The zero-order chi connectivity index (χ0) is 19.2. The third kappa shape index (κ3) is 4.58. The fourth-order valence-corrected chi connectivity index (χ4v) is 3.08. The highest BCUT2D eigenvalue weighted by Gasteiger charge is 2.34. The number of anilines is 1. The standard InChI is InChI=1S/C21H24N2O4/c1-15-7-9-17(10-8-15)23-14-16(13-20(23)24)21(25)22-11-12-27-19-6-4-3-5-18(19)26-2/h3-10,16H,11-14H2,1-2H3,(H,22,25)/t16-/m0/s1. The molecule has 1 heterocycles. The second-order valence-electron chi connectivity index (χ2n) is 6.53. The smallest absolute Gasteiger partial charge is 0.227 e. The van der Waals surface area contributed by atoms with Crippen molar-refractivity contribution in [2.24, 2.45) is 5.92 Å². The number of nitrogens with zero attached hydrogens (tertiary/aromatic N) is 1. The normalized spacial score (nSPS) is 16.3. The molecular formula is C21H24N2O4. The van der Waals surface area contributed by atoms with Crippen molar-refractivity contribution in [1.29, 1.82) is 0 Å². The van der Waals surface area contributed by atoms with Gasteiger partial charge in [0, 0.05) is 18.7 Å². The van der Waals surface area contributed by atoms with Crippen LogP contribution >= 0.6 is 0 Å². The van der Waals surface area contributed by atoms with Crippen molar-refractivity contribution in [3.8, 4) is 11.5 Å². The van der Waals surface area contributed by atoms with E-state index in [4.69, 9.17) is 9.47 Å². The molecule has 0 aliphatic carbocycles. The maximum Gasteiger partial charge on any atom is 0.227 e. The van der Waals surface area contributed by atoms with Crippen LogP contribution in [0.1, 0.15) is 12.0 Å². The lowest BCUT2D eigenvalue weighted by Crippen LogP contribution is -2.35. The molecule has 0 saturated carbocycles. The van der Waals surface area contributed by atoms with Gasteiger partial charge in [-0.1, -0.05) is 29.8 Å². The summed E-state index contributed by atoms with van der Waals surface area (Å²) < 4.78 is 10.9. The first kappa shape index (κ1) is 18.8. The van der Waals surface area contributed by atoms with Crippen LogP contribution in [-0.2, 0) is 9.59 Å². The fourth-order valence-electron chi connectivity index (χ4n) is 3.08. The van der Waals surface area contributed by atoms with Gasteiger partial charge in [0.2, 0.25) is 11.8 Å². The van der Waals surface area contributed by atoms with Gasteiger partial charge in [0.1, 0.15) is 6.61 Å². The Morgan fingerprint density at radius 3 is 2.56 bits per heavy atom. The molecule has 1 saturated heterocycles. The van der Waals surface area contributed by atoms with Crippen LogP contribution in [0, 0.1) is 12.8 Å². The molecule has 0 radical (unpaired) electrons. The second kappa shape index (κ2) is 8.58. The van der Waals surface area contributed by atoms with E-state index >= 15 is 0 Å². The Morgan fingerprint density at radius 1 is 1.15 bits per heavy atom. The molecule has 0 aromatic heterocycles. The van der Waals surface area contributed by atoms with Crippen LogP contribution in [0.3, 0.4) is 0 Å². The van der Waals surface area contributed by atoms with E-state index < -0.39 is 0 Å². The molecular weight excluding hydrogens is 344 g/mol. The second-order valence-corrected chi connectivity index (χ2v) is 6.53. The minimum atomic E-state index is -0.343. The molecule has 142 valence electrons. The first-order chi connectivity index (χ1) is 13.1. The topological polar surface area (TPSA) is 67.9 Å². The Hall–Kier alpha value is -3.02. The van der Waals surface area contributed by atoms with E-state index in [1.54, 1.807) is 12.0 Å². The summed E-state index contributed by atoms with van der Waals surface area (Å²) in [7, 11) is 1.58. The molecule has 1 N–H and O–H groups in total. The van der Waals surface area contributed by atoms with Gasteiger partial charge in [-0.2, -0.15) is 0 Å². The highest BCUT2D eigenvalue weighted by Crippen LogP contribution is 2.26. The van der Waals surface area contributed by atoms with Crippen LogP contribution in [0.15, 0.2) is 48.5 Å². The monoisotopic (exact) mass is 368 g/mol. The molecule has 1 atom stereocenters. The van der Waals surface area contributed by atoms with Gasteiger partial charge in [0.05, 0.1) is 19.6 Å². The zero-order valence-electron chi connectivity index (χ0n) is 15.6. The predicted octanol–water partition coefficient (Wildman–Crippen LogP) is 2.55. The first-order valence-corrected chi connectivity index (χ1v) is 8.99. The average molecular weight is 368 g/mol. The largest absolute Gasteiger partial charge is 0.493 e. The number of para-hydroxylation sites is 2. The van der Waals surface area contributed by atoms with Gasteiger partial charge in [0.25, 0.3) is 0 Å². The first-order valence-electron chi connectivity index (χ1n) is 8.99. The van der Waals surface area contributed by atoms with Crippen LogP contribution in [0.25, 0.3) is 0 Å². The quantitative estimate of drug-likeness (QED) is 0.763. The van der Waals surface area contributed by atoms with Gasteiger partial charge >= 0.3 is 0 Å². The average Bonchev–Trinajstić information content (AvgIpc) is 3.08. The van der Waals surface area contributed by atoms with Gasteiger partial charge in [-0.25, -0.2) is 0 Å². The number of hydrogen-bond donors (Lipinski definition) is 1. The van der Waals surface area contributed by atoms with Crippen molar-refractivity contribution in [3.05, 3.63) is 54.1 Å². The molecule has 1 fully saturated rings. The summed E-state index contributed by atoms with van der Waals surface area (Å²) in [5.74, 6) is 0.797. The number of carbonyl (C=O) groups excluding carboxylic acids is 2. The lowest BCUT2D eigenvalue weighted by molar-refractivity contribution is -0.126. The summed E-state index contributed by atoms with van der Waals surface area (Å²) >= 11 is 0. The van der Waals surface area contributed by atoms with Crippen LogP contribution in [0.4, 0.5) is 5.69 Å². The highest BCUT2D eigenvalue weighted by atomic mass is 16.5. The number of hydrogen-bond acceptors (Lipinski definition) is 4. The Labute approximate surface area is 159 Å². The summed E-state index contributed by atoms with van der Waals surface area (Å²) in [4.78, 5) is 26.3. The maximum atomic E-state index is 12.4. The zero-order valence-corrected chi connectivity index (χ0v) is 15.6. The fraction of sp³-hybridized carbons (Fsp3) is 0.333. The summed E-state index contributed by atoms with van der Waals surface area (Å²) in [6.45, 7) is 3.10. The third-order valence-electron chi connectivity index (χ3n) is 4.57. The minimum Gasteiger partial charge on any atom is -0.493 e.